The summed E-state index contributed by atoms with van der Waals surface area (Å²) in [5.41, 5.74) is -0.185. The quantitative estimate of drug-likeness (QED) is 0.602. The lowest BCUT2D eigenvalue weighted by Gasteiger charge is -2.10. The zero-order valence-corrected chi connectivity index (χ0v) is 10.8. The highest BCUT2D eigenvalue weighted by atomic mass is 32.2. The van der Waals surface area contributed by atoms with E-state index in [0.29, 0.717) is 0 Å². The molecule has 0 unspecified atom stereocenters. The monoisotopic (exact) mass is 274 g/mol. The molecule has 1 atom stereocenters. The molecule has 0 aromatic heterocycles. The number of aliphatic hydroxyl groups excluding tert-OH is 1. The van der Waals surface area contributed by atoms with E-state index >= 15 is 0 Å². The fraction of sp³-hybridized carbons (Fsp3) is 0.400. The molecule has 0 bridgehead atoms. The number of nitrogens with zero attached hydrogens (tertiary/aromatic N) is 1. The second-order valence-electron chi connectivity index (χ2n) is 3.86. The number of sulfonamides is 1. The molecule has 18 heavy (non-hydrogen) atoms. The number of rotatable bonds is 5. The van der Waals surface area contributed by atoms with Gasteiger partial charge in [-0.15, -0.1) is 0 Å². The Morgan fingerprint density at radius 3 is 2.61 bits per heavy atom. The van der Waals surface area contributed by atoms with E-state index in [4.69, 9.17) is 5.11 Å². The first-order valence-corrected chi connectivity index (χ1v) is 6.65. The number of nitro groups is 1. The van der Waals surface area contributed by atoms with Gasteiger partial charge < -0.3 is 5.11 Å². The number of benzene rings is 1. The maximum Gasteiger partial charge on any atom is 0.273 e. The summed E-state index contributed by atoms with van der Waals surface area (Å²) in [6.45, 7) is 2.66. The highest BCUT2D eigenvalue weighted by Crippen LogP contribution is 2.24. The fourth-order valence-electron chi connectivity index (χ4n) is 1.40. The van der Waals surface area contributed by atoms with Crippen molar-refractivity contribution in [3.8, 4) is 0 Å². The van der Waals surface area contributed by atoms with Crippen molar-refractivity contribution in [3.63, 3.8) is 0 Å². The average molecular weight is 274 g/mol. The van der Waals surface area contributed by atoms with E-state index in [1.165, 1.54) is 32.0 Å². The molecular weight excluding hydrogens is 260 g/mol. The molecular formula is C10H14N2O5S. The summed E-state index contributed by atoms with van der Waals surface area (Å²) in [7, 11) is -3.86. The number of nitrogens with one attached hydrogen (secondary N) is 1. The SMILES string of the molecule is Cc1c([N+](=O)[O-])cccc1S(=O)(=O)NC[C@@H](C)O. The van der Waals surface area contributed by atoms with Gasteiger partial charge in [0, 0.05) is 18.2 Å². The first kappa shape index (κ1) is 14.6. The Labute approximate surface area is 105 Å². The number of hydrogen-bond acceptors (Lipinski definition) is 5. The molecule has 1 rings (SSSR count). The van der Waals surface area contributed by atoms with Gasteiger partial charge in [-0.2, -0.15) is 0 Å². The van der Waals surface area contributed by atoms with Crippen molar-refractivity contribution >= 4 is 15.7 Å². The van der Waals surface area contributed by atoms with Gasteiger partial charge in [0.05, 0.1) is 15.9 Å². The Morgan fingerprint density at radius 2 is 2.11 bits per heavy atom. The third-order valence-corrected chi connectivity index (χ3v) is 3.88. The van der Waals surface area contributed by atoms with E-state index < -0.39 is 21.1 Å². The van der Waals surface area contributed by atoms with Crippen LogP contribution in [0.5, 0.6) is 0 Å². The van der Waals surface area contributed by atoms with Crippen molar-refractivity contribution in [2.45, 2.75) is 24.8 Å². The molecule has 0 aliphatic carbocycles. The van der Waals surface area contributed by atoms with Crippen molar-refractivity contribution < 1.29 is 18.4 Å². The normalized spacial score (nSPS) is 13.3. The highest BCUT2D eigenvalue weighted by molar-refractivity contribution is 7.89. The van der Waals surface area contributed by atoms with E-state index in [1.807, 2.05) is 0 Å². The van der Waals surface area contributed by atoms with Crippen LogP contribution in [-0.2, 0) is 10.0 Å². The van der Waals surface area contributed by atoms with Crippen molar-refractivity contribution in [1.29, 1.82) is 0 Å². The van der Waals surface area contributed by atoms with Crippen LogP contribution in [0, 0.1) is 17.0 Å². The molecule has 0 fully saturated rings. The largest absolute Gasteiger partial charge is 0.392 e. The molecule has 1 aromatic rings. The van der Waals surface area contributed by atoms with Crippen LogP contribution in [0.2, 0.25) is 0 Å². The van der Waals surface area contributed by atoms with Crippen molar-refractivity contribution in [2.75, 3.05) is 6.54 Å². The standard InChI is InChI=1S/C10H14N2O5S/c1-7(13)6-11-18(16,17)10-5-3-4-9(8(10)2)12(14)15/h3-5,7,11,13H,6H2,1-2H3/t7-/m1/s1. The lowest BCUT2D eigenvalue weighted by Crippen LogP contribution is -2.31. The Morgan fingerprint density at radius 1 is 1.50 bits per heavy atom. The Bertz CT molecular complexity index is 553. The third-order valence-electron chi connectivity index (χ3n) is 2.31. The molecule has 0 spiro atoms. The van der Waals surface area contributed by atoms with E-state index in [0.717, 1.165) is 0 Å². The third kappa shape index (κ3) is 3.25. The molecule has 0 saturated carbocycles. The van der Waals surface area contributed by atoms with Crippen LogP contribution in [0.25, 0.3) is 0 Å². The van der Waals surface area contributed by atoms with Gasteiger partial charge >= 0.3 is 0 Å². The van der Waals surface area contributed by atoms with Gasteiger partial charge in [0.2, 0.25) is 10.0 Å². The van der Waals surface area contributed by atoms with Gasteiger partial charge in [0.25, 0.3) is 5.69 Å². The summed E-state index contributed by atoms with van der Waals surface area (Å²) in [6, 6.07) is 3.83. The van der Waals surface area contributed by atoms with E-state index in [1.54, 1.807) is 0 Å². The second kappa shape index (κ2) is 5.42. The molecule has 2 N–H and O–H groups in total. The Balaban J connectivity index is 3.17. The predicted molar refractivity (Wildman–Crippen MR) is 64.7 cm³/mol. The summed E-state index contributed by atoms with van der Waals surface area (Å²) < 4.78 is 26.0. The molecule has 0 saturated heterocycles. The molecule has 0 heterocycles. The van der Waals surface area contributed by atoms with Crippen LogP contribution < -0.4 is 4.72 Å². The Hall–Kier alpha value is -1.51. The maximum absolute atomic E-state index is 11.9. The van der Waals surface area contributed by atoms with Crippen LogP contribution in [0.1, 0.15) is 12.5 Å². The van der Waals surface area contributed by atoms with Crippen molar-refractivity contribution in [1.82, 2.24) is 4.72 Å². The fourth-order valence-corrected chi connectivity index (χ4v) is 2.78. The van der Waals surface area contributed by atoms with Gasteiger partial charge in [-0.25, -0.2) is 13.1 Å². The minimum atomic E-state index is -3.86. The van der Waals surface area contributed by atoms with Gasteiger partial charge in [-0.1, -0.05) is 6.07 Å². The molecule has 7 nitrogen and oxygen atoms in total. The van der Waals surface area contributed by atoms with Gasteiger partial charge in [-0.3, -0.25) is 10.1 Å². The molecule has 1 aromatic carbocycles. The predicted octanol–water partition coefficient (Wildman–Crippen LogP) is 0.562. The van der Waals surface area contributed by atoms with Gasteiger partial charge in [-0.05, 0) is 19.9 Å². The average Bonchev–Trinajstić information content (AvgIpc) is 2.26. The Kier molecular flexibility index (Phi) is 4.38. The van der Waals surface area contributed by atoms with Crippen LogP contribution in [-0.4, -0.2) is 31.1 Å². The summed E-state index contributed by atoms with van der Waals surface area (Å²) in [6.07, 6.45) is -0.834. The van der Waals surface area contributed by atoms with Crippen LogP contribution in [0.3, 0.4) is 0 Å². The zero-order chi connectivity index (χ0) is 13.9. The second-order valence-corrected chi connectivity index (χ2v) is 5.59. The van der Waals surface area contributed by atoms with Crippen LogP contribution in [0.15, 0.2) is 23.1 Å². The smallest absolute Gasteiger partial charge is 0.273 e. The summed E-state index contributed by atoms with van der Waals surface area (Å²) >= 11 is 0. The van der Waals surface area contributed by atoms with E-state index in [9.17, 15) is 18.5 Å². The van der Waals surface area contributed by atoms with Crippen molar-refractivity contribution in [2.24, 2.45) is 0 Å². The summed E-state index contributed by atoms with van der Waals surface area (Å²) in [4.78, 5) is 9.93. The van der Waals surface area contributed by atoms with Crippen molar-refractivity contribution in [3.05, 3.63) is 33.9 Å². The molecule has 0 radical (unpaired) electrons. The molecule has 0 aliphatic rings. The van der Waals surface area contributed by atoms with E-state index in [2.05, 4.69) is 4.72 Å². The lowest BCUT2D eigenvalue weighted by molar-refractivity contribution is -0.385. The van der Waals surface area contributed by atoms with Gasteiger partial charge in [0.1, 0.15) is 0 Å². The topological polar surface area (TPSA) is 110 Å². The minimum Gasteiger partial charge on any atom is -0.392 e. The van der Waals surface area contributed by atoms with Crippen LogP contribution >= 0.6 is 0 Å². The first-order valence-electron chi connectivity index (χ1n) is 5.17. The minimum absolute atomic E-state index is 0.0700. The van der Waals surface area contributed by atoms with Crippen LogP contribution in [0.4, 0.5) is 5.69 Å². The van der Waals surface area contributed by atoms with E-state index in [-0.39, 0.29) is 22.7 Å². The number of hydrogen-bond donors (Lipinski definition) is 2. The highest BCUT2D eigenvalue weighted by Gasteiger charge is 2.22. The maximum atomic E-state index is 11.9. The molecule has 8 heteroatoms. The summed E-state index contributed by atoms with van der Waals surface area (Å²) in [5, 5.41) is 19.8. The zero-order valence-electron chi connectivity index (χ0n) is 9.95. The number of aliphatic hydroxyl groups is 1. The summed E-state index contributed by atoms with van der Waals surface area (Å²) in [5.74, 6) is 0. The molecule has 0 aliphatic heterocycles. The molecule has 100 valence electrons. The lowest BCUT2D eigenvalue weighted by atomic mass is 10.2. The molecule has 0 amide bonds. The first-order chi connectivity index (χ1) is 8.25. The number of nitro benzene ring substituents is 1. The van der Waals surface area contributed by atoms with Gasteiger partial charge in [0.15, 0.2) is 0 Å².